The molecule has 33 heavy (non-hydrogen) atoms. The Morgan fingerprint density at radius 1 is 1.09 bits per heavy atom. The molecule has 7 nitrogen and oxygen atoms in total. The van der Waals surface area contributed by atoms with E-state index in [0.717, 1.165) is 24.0 Å². The lowest BCUT2D eigenvalue weighted by Gasteiger charge is -2.26. The van der Waals surface area contributed by atoms with Gasteiger partial charge in [-0.2, -0.15) is 0 Å². The molecule has 1 fully saturated rings. The topological polar surface area (TPSA) is 77.4 Å². The maximum Gasteiger partial charge on any atom is 0.338 e. The molecule has 3 rings (SSSR count). The van der Waals surface area contributed by atoms with Gasteiger partial charge in [-0.05, 0) is 55.9 Å². The van der Waals surface area contributed by atoms with E-state index in [-0.39, 0.29) is 18.9 Å². The molecule has 0 aromatic heterocycles. The van der Waals surface area contributed by atoms with Crippen LogP contribution < -0.4 is 0 Å². The van der Waals surface area contributed by atoms with Crippen LogP contribution in [0.25, 0.3) is 0 Å². The van der Waals surface area contributed by atoms with Crippen LogP contribution in [0.5, 0.6) is 0 Å². The van der Waals surface area contributed by atoms with Crippen molar-refractivity contribution >= 4 is 29.2 Å². The van der Waals surface area contributed by atoms with Crippen LogP contribution in [0.1, 0.15) is 46.3 Å². The molecule has 0 N–H and O–H groups in total. The maximum absolute atomic E-state index is 12.9. The lowest BCUT2D eigenvalue weighted by molar-refractivity contribution is -0.140. The summed E-state index contributed by atoms with van der Waals surface area (Å²) in [5.41, 5.74) is 3.35. The van der Waals surface area contributed by atoms with Crippen LogP contribution >= 0.6 is 11.6 Å². The molecule has 0 atom stereocenters. The van der Waals surface area contributed by atoms with Crippen molar-refractivity contribution in [1.29, 1.82) is 0 Å². The Kier molecular flexibility index (Phi) is 9.51. The number of cyclic esters (lactones) is 1. The van der Waals surface area contributed by atoms with Crippen LogP contribution in [0, 0.1) is 13.8 Å². The highest BCUT2D eigenvalue weighted by Gasteiger charge is 2.22. The summed E-state index contributed by atoms with van der Waals surface area (Å²) < 4.78 is 10.8. The summed E-state index contributed by atoms with van der Waals surface area (Å²) in [5, 5.41) is 4.74. The number of ether oxygens (including phenoxy) is 2. The van der Waals surface area contributed by atoms with Gasteiger partial charge in [0.15, 0.2) is 6.61 Å². The molecule has 0 radical (unpaired) electrons. The predicted molar refractivity (Wildman–Crippen MR) is 128 cm³/mol. The highest BCUT2D eigenvalue weighted by Crippen LogP contribution is 2.29. The fourth-order valence-corrected chi connectivity index (χ4v) is 4.03. The molecule has 1 amide bonds. The Labute approximate surface area is 200 Å². The summed E-state index contributed by atoms with van der Waals surface area (Å²) in [5.74, 6) is -0.534. The Balaban J connectivity index is 1.86. The molecule has 2 aliphatic rings. The largest absolute Gasteiger partial charge is 0.462 e. The van der Waals surface area contributed by atoms with Gasteiger partial charge in [0.25, 0.3) is 5.91 Å². The number of nitrogens with zero attached hydrogens (tertiary/aromatic N) is 2. The van der Waals surface area contributed by atoms with Crippen molar-refractivity contribution in [3.05, 3.63) is 57.6 Å². The number of halogens is 1. The van der Waals surface area contributed by atoms with Gasteiger partial charge < -0.3 is 19.2 Å². The van der Waals surface area contributed by atoms with Crippen LogP contribution in [-0.4, -0.2) is 62.0 Å². The van der Waals surface area contributed by atoms with Gasteiger partial charge in [-0.15, -0.1) is 0 Å². The molecule has 1 saturated heterocycles. The van der Waals surface area contributed by atoms with E-state index in [2.05, 4.69) is 11.2 Å². The number of rotatable bonds is 3. The van der Waals surface area contributed by atoms with Crippen LogP contribution in [-0.2, 0) is 25.5 Å². The van der Waals surface area contributed by atoms with Gasteiger partial charge in [0.2, 0.25) is 0 Å². The summed E-state index contributed by atoms with van der Waals surface area (Å²) in [4.78, 5) is 32.4. The number of carbonyl (C=O) groups is 2. The number of benzene rings is 1. The van der Waals surface area contributed by atoms with Crippen LogP contribution in [0.3, 0.4) is 0 Å². The van der Waals surface area contributed by atoms with Crippen LogP contribution in [0.4, 0.5) is 0 Å². The van der Waals surface area contributed by atoms with Gasteiger partial charge in [0.1, 0.15) is 0 Å². The zero-order valence-electron chi connectivity index (χ0n) is 19.3. The van der Waals surface area contributed by atoms with E-state index >= 15 is 0 Å². The molecule has 0 spiro atoms. The zero-order valence-corrected chi connectivity index (χ0v) is 20.0. The number of aryl methyl sites for hydroxylation is 2. The van der Waals surface area contributed by atoms with Crippen molar-refractivity contribution in [1.82, 2.24) is 4.90 Å². The molecule has 0 bridgehead atoms. The summed E-state index contributed by atoms with van der Waals surface area (Å²) in [6, 6.07) is 1.88. The van der Waals surface area contributed by atoms with E-state index in [9.17, 15) is 9.59 Å². The Morgan fingerprint density at radius 3 is 2.61 bits per heavy atom. The second-order valence-corrected chi connectivity index (χ2v) is 8.46. The first kappa shape index (κ1) is 25.0. The Hall–Kier alpha value is -2.64. The third kappa shape index (κ3) is 7.17. The third-order valence-corrected chi connectivity index (χ3v) is 6.06. The fourth-order valence-electron chi connectivity index (χ4n) is 3.81. The first-order valence-electron chi connectivity index (χ1n) is 11.3. The molecule has 2 heterocycles. The molecule has 178 valence electrons. The average molecular weight is 475 g/mol. The quantitative estimate of drug-likeness (QED) is 0.373. The number of amides is 1. The van der Waals surface area contributed by atoms with Gasteiger partial charge in [-0.1, -0.05) is 41.1 Å². The predicted octanol–water partition coefficient (Wildman–Crippen LogP) is 4.18. The summed E-state index contributed by atoms with van der Waals surface area (Å²) in [6.45, 7) is 6.09. The molecule has 0 saturated carbocycles. The first-order chi connectivity index (χ1) is 16.0. The number of fused-ring (bicyclic) bond motifs is 1. The maximum atomic E-state index is 12.9. The number of hydrogen-bond acceptors (Lipinski definition) is 6. The summed E-state index contributed by atoms with van der Waals surface area (Å²) in [6.07, 6.45) is 10.6. The lowest BCUT2D eigenvalue weighted by atomic mass is 9.94. The smallest absolute Gasteiger partial charge is 0.338 e. The van der Waals surface area contributed by atoms with E-state index in [1.54, 1.807) is 4.90 Å². The molecular formula is C25H31ClN2O5. The number of oxime groups is 1. The van der Waals surface area contributed by atoms with E-state index < -0.39 is 5.97 Å². The van der Waals surface area contributed by atoms with E-state index in [1.165, 1.54) is 0 Å². The monoisotopic (exact) mass is 474 g/mol. The summed E-state index contributed by atoms with van der Waals surface area (Å²) >= 11 is 6.64. The van der Waals surface area contributed by atoms with Crippen molar-refractivity contribution in [3.63, 3.8) is 0 Å². The highest BCUT2D eigenvalue weighted by atomic mass is 35.5. The first-order valence-corrected chi connectivity index (χ1v) is 11.7. The van der Waals surface area contributed by atoms with E-state index in [4.69, 9.17) is 25.9 Å². The van der Waals surface area contributed by atoms with Gasteiger partial charge in [0, 0.05) is 24.5 Å². The average Bonchev–Trinajstić information content (AvgIpc) is 2.80. The molecule has 8 heteroatoms. The number of hydrogen-bond donors (Lipinski definition) is 0. The molecule has 0 unspecified atom stereocenters. The lowest BCUT2D eigenvalue weighted by Crippen LogP contribution is -2.42. The van der Waals surface area contributed by atoms with Crippen LogP contribution in [0.2, 0.25) is 5.02 Å². The minimum absolute atomic E-state index is 0.133. The Bertz CT molecular complexity index is 949. The minimum atomic E-state index is -0.401. The van der Waals surface area contributed by atoms with Gasteiger partial charge in [-0.3, -0.25) is 4.79 Å². The zero-order chi connectivity index (χ0) is 23.6. The normalized spacial score (nSPS) is 19.1. The summed E-state index contributed by atoms with van der Waals surface area (Å²) in [7, 11) is 0. The van der Waals surface area contributed by atoms with Gasteiger partial charge >= 0.3 is 5.97 Å². The molecule has 1 aromatic carbocycles. The minimum Gasteiger partial charge on any atom is -0.462 e. The molecule has 2 aliphatic heterocycles. The molecular weight excluding hydrogens is 444 g/mol. The third-order valence-electron chi connectivity index (χ3n) is 5.53. The number of allylic oxidation sites excluding steroid dienone is 3. The number of esters is 1. The van der Waals surface area contributed by atoms with Crippen molar-refractivity contribution < 1.29 is 23.9 Å². The second kappa shape index (κ2) is 12.6. The van der Waals surface area contributed by atoms with Crippen molar-refractivity contribution in [2.45, 2.75) is 39.5 Å². The van der Waals surface area contributed by atoms with Crippen LogP contribution in [0.15, 0.2) is 35.5 Å². The van der Waals surface area contributed by atoms with E-state index in [0.29, 0.717) is 61.2 Å². The Morgan fingerprint density at radius 2 is 1.82 bits per heavy atom. The van der Waals surface area contributed by atoms with Crippen molar-refractivity contribution in [2.24, 2.45) is 5.16 Å². The van der Waals surface area contributed by atoms with Crippen molar-refractivity contribution in [2.75, 3.05) is 39.5 Å². The fraction of sp³-hybridized carbons (Fsp3) is 0.480. The van der Waals surface area contributed by atoms with Gasteiger partial charge in [0.05, 0.1) is 31.1 Å². The number of morpholine rings is 1. The molecule has 0 aliphatic carbocycles. The SMILES string of the molecule is Cc1cc(C)c2c(c1Cl)CC(=NOCC(=O)N1CCOCC1)C=CCCC=CCCOC2=O. The van der Waals surface area contributed by atoms with Gasteiger partial charge in [-0.25, -0.2) is 4.79 Å². The highest BCUT2D eigenvalue weighted by molar-refractivity contribution is 6.33. The number of carbonyl (C=O) groups excluding carboxylic acids is 2. The standard InChI is InChI=1S/C25H31ClN2O5/c1-18-15-19(2)24(26)21-16-20(27-33-17-22(29)28-10-13-31-14-11-28)9-7-5-3-4-6-8-12-32-25(30)23(18)21/h4,6-7,9,15H,3,5,8,10-14,16-17H2,1-2H3. The van der Waals surface area contributed by atoms with E-state index in [1.807, 2.05) is 38.1 Å². The van der Waals surface area contributed by atoms with Crippen molar-refractivity contribution in [3.8, 4) is 0 Å². The second-order valence-electron chi connectivity index (χ2n) is 8.08. The molecule has 1 aromatic rings.